The van der Waals surface area contributed by atoms with Gasteiger partial charge in [0.1, 0.15) is 11.6 Å². The van der Waals surface area contributed by atoms with Gasteiger partial charge >= 0.3 is 0 Å². The Kier molecular flexibility index (Phi) is 6.71. The first-order chi connectivity index (χ1) is 13.5. The number of benzene rings is 2. The molecule has 0 bridgehead atoms. The summed E-state index contributed by atoms with van der Waals surface area (Å²) < 4.78 is 17.5. The zero-order chi connectivity index (χ0) is 19.9. The van der Waals surface area contributed by atoms with Crippen LogP contribution in [0.5, 0.6) is 0 Å². The predicted molar refractivity (Wildman–Crippen MR) is 110 cm³/mol. The number of aromatic nitrogens is 2. The van der Waals surface area contributed by atoms with Crippen molar-refractivity contribution in [3.8, 4) is 0 Å². The first kappa shape index (κ1) is 19.9. The van der Waals surface area contributed by atoms with E-state index < -0.39 is 0 Å². The van der Waals surface area contributed by atoms with E-state index in [1.807, 2.05) is 49.1 Å². The topological polar surface area (TPSA) is 58.1 Å². The molecule has 1 heterocycles. The van der Waals surface area contributed by atoms with E-state index >= 15 is 0 Å². The minimum atomic E-state index is -0.263. The predicted octanol–water partition coefficient (Wildman–Crippen LogP) is 3.80. The van der Waals surface area contributed by atoms with E-state index in [1.165, 1.54) is 23.7 Å². The molecule has 1 N–H and O–H groups in total. The van der Waals surface area contributed by atoms with Crippen molar-refractivity contribution in [2.24, 2.45) is 0 Å². The van der Waals surface area contributed by atoms with Crippen LogP contribution >= 0.6 is 11.5 Å². The number of nitrogens with one attached hydrogen (secondary N) is 1. The van der Waals surface area contributed by atoms with Gasteiger partial charge in [0.05, 0.1) is 6.54 Å². The molecule has 0 aliphatic carbocycles. The highest BCUT2D eigenvalue weighted by Crippen LogP contribution is 2.21. The lowest BCUT2D eigenvalue weighted by Crippen LogP contribution is -2.40. The number of carbonyl (C=O) groups is 1. The van der Waals surface area contributed by atoms with E-state index in [0.717, 1.165) is 11.1 Å². The van der Waals surface area contributed by atoms with E-state index in [1.54, 1.807) is 12.1 Å². The van der Waals surface area contributed by atoms with Crippen LogP contribution in [0.1, 0.15) is 30.8 Å². The highest BCUT2D eigenvalue weighted by Gasteiger charge is 2.17. The lowest BCUT2D eigenvalue weighted by molar-refractivity contribution is -0.120. The summed E-state index contributed by atoms with van der Waals surface area (Å²) in [4.78, 5) is 18.9. The molecule has 0 fully saturated rings. The van der Waals surface area contributed by atoms with E-state index in [2.05, 4.69) is 14.7 Å². The van der Waals surface area contributed by atoms with Gasteiger partial charge in [-0.05, 0) is 37.1 Å². The van der Waals surface area contributed by atoms with Gasteiger partial charge in [-0.1, -0.05) is 42.5 Å². The van der Waals surface area contributed by atoms with Crippen LogP contribution in [0, 0.1) is 5.82 Å². The fourth-order valence-corrected chi connectivity index (χ4v) is 3.45. The first-order valence-electron chi connectivity index (χ1n) is 9.15. The smallest absolute Gasteiger partial charge is 0.239 e. The van der Waals surface area contributed by atoms with Crippen LogP contribution in [0.15, 0.2) is 54.6 Å². The van der Waals surface area contributed by atoms with E-state index in [0.29, 0.717) is 23.9 Å². The molecule has 1 aromatic heterocycles. The summed E-state index contributed by atoms with van der Waals surface area (Å²) in [5.74, 6) is 0.344. The number of anilines is 1. The van der Waals surface area contributed by atoms with Gasteiger partial charge in [0.2, 0.25) is 11.0 Å². The molecule has 0 spiro atoms. The summed E-state index contributed by atoms with van der Waals surface area (Å²) in [7, 11) is 0. The van der Waals surface area contributed by atoms with E-state index in [9.17, 15) is 9.18 Å². The molecule has 0 unspecified atom stereocenters. The minimum Gasteiger partial charge on any atom is -0.352 e. The van der Waals surface area contributed by atoms with Crippen LogP contribution in [0.25, 0.3) is 0 Å². The van der Waals surface area contributed by atoms with Gasteiger partial charge < -0.3 is 10.2 Å². The number of nitrogens with zero attached hydrogens (tertiary/aromatic N) is 3. The second kappa shape index (κ2) is 9.41. The number of rotatable bonds is 8. The van der Waals surface area contributed by atoms with Gasteiger partial charge in [0.15, 0.2) is 0 Å². The average Bonchev–Trinajstić information content (AvgIpc) is 3.12. The Morgan fingerprint density at radius 2 is 1.82 bits per heavy atom. The van der Waals surface area contributed by atoms with E-state index in [4.69, 9.17) is 0 Å². The first-order valence-corrected chi connectivity index (χ1v) is 9.92. The third-order valence-electron chi connectivity index (χ3n) is 4.00. The maximum atomic E-state index is 13.1. The van der Waals surface area contributed by atoms with Gasteiger partial charge in [0, 0.05) is 30.5 Å². The van der Waals surface area contributed by atoms with Crippen molar-refractivity contribution in [2.45, 2.75) is 32.9 Å². The third kappa shape index (κ3) is 5.85. The summed E-state index contributed by atoms with van der Waals surface area (Å²) in [6.45, 7) is 4.64. The third-order valence-corrected chi connectivity index (χ3v) is 4.82. The average molecular weight is 399 g/mol. The van der Waals surface area contributed by atoms with Crippen molar-refractivity contribution in [2.75, 3.05) is 11.4 Å². The van der Waals surface area contributed by atoms with Gasteiger partial charge in [-0.25, -0.2) is 9.37 Å². The molecule has 0 aliphatic rings. The molecular weight excluding hydrogens is 375 g/mol. The molecule has 0 aliphatic heterocycles. The quantitative estimate of drug-likeness (QED) is 0.627. The SMILES string of the molecule is CC(C)NC(=O)CN(Cc1ccccc1)c1nc(Cc2ccc(F)cc2)ns1. The minimum absolute atomic E-state index is 0.0544. The van der Waals surface area contributed by atoms with Crippen LogP contribution < -0.4 is 10.2 Å². The number of carbonyl (C=O) groups excluding carboxylic acids is 1. The number of hydrogen-bond acceptors (Lipinski definition) is 5. The van der Waals surface area contributed by atoms with E-state index in [-0.39, 0.29) is 24.3 Å². The molecule has 2 aromatic carbocycles. The summed E-state index contributed by atoms with van der Waals surface area (Å²) in [5, 5.41) is 3.62. The van der Waals surface area contributed by atoms with Crippen molar-refractivity contribution < 1.29 is 9.18 Å². The second-order valence-corrected chi connectivity index (χ2v) is 7.59. The summed E-state index contributed by atoms with van der Waals surface area (Å²) in [5.41, 5.74) is 2.04. The highest BCUT2D eigenvalue weighted by atomic mass is 32.1. The Balaban J connectivity index is 1.76. The summed E-state index contributed by atoms with van der Waals surface area (Å²) in [6, 6.07) is 16.4. The van der Waals surface area contributed by atoms with Crippen LogP contribution in [-0.4, -0.2) is 27.9 Å². The molecule has 1 amide bonds. The zero-order valence-electron chi connectivity index (χ0n) is 15.9. The van der Waals surface area contributed by atoms with Crippen molar-refractivity contribution in [1.29, 1.82) is 0 Å². The van der Waals surface area contributed by atoms with Gasteiger partial charge in [-0.3, -0.25) is 4.79 Å². The van der Waals surface area contributed by atoms with Crippen molar-refractivity contribution >= 4 is 22.6 Å². The number of hydrogen-bond donors (Lipinski definition) is 1. The van der Waals surface area contributed by atoms with Crippen LogP contribution in [0.2, 0.25) is 0 Å². The molecule has 3 aromatic rings. The number of amides is 1. The zero-order valence-corrected chi connectivity index (χ0v) is 16.7. The highest BCUT2D eigenvalue weighted by molar-refractivity contribution is 7.09. The lowest BCUT2D eigenvalue weighted by atomic mass is 10.1. The molecule has 0 atom stereocenters. The van der Waals surface area contributed by atoms with Crippen LogP contribution in [0.3, 0.4) is 0 Å². The molecule has 0 radical (unpaired) electrons. The standard InChI is InChI=1S/C21H23FN4OS/c1-15(2)23-20(27)14-26(13-17-6-4-3-5-7-17)21-24-19(25-28-21)12-16-8-10-18(22)11-9-16/h3-11,15H,12-14H2,1-2H3,(H,23,27). The molecule has 28 heavy (non-hydrogen) atoms. The van der Waals surface area contributed by atoms with Crippen LogP contribution in [0.4, 0.5) is 9.52 Å². The molecule has 7 heteroatoms. The monoisotopic (exact) mass is 398 g/mol. The van der Waals surface area contributed by atoms with Crippen molar-refractivity contribution in [3.63, 3.8) is 0 Å². The van der Waals surface area contributed by atoms with Gasteiger partial charge in [0.25, 0.3) is 0 Å². The maximum Gasteiger partial charge on any atom is 0.239 e. The van der Waals surface area contributed by atoms with Crippen LogP contribution in [-0.2, 0) is 17.8 Å². The summed E-state index contributed by atoms with van der Waals surface area (Å²) >= 11 is 1.27. The number of halogens is 1. The van der Waals surface area contributed by atoms with Gasteiger partial charge in [-0.2, -0.15) is 4.37 Å². The molecular formula is C21H23FN4OS. The Morgan fingerprint density at radius 3 is 2.50 bits per heavy atom. The Bertz CT molecular complexity index is 896. The van der Waals surface area contributed by atoms with Crippen molar-refractivity contribution in [3.05, 3.63) is 77.4 Å². The largest absolute Gasteiger partial charge is 0.352 e. The van der Waals surface area contributed by atoms with Crippen molar-refractivity contribution in [1.82, 2.24) is 14.7 Å². The fourth-order valence-electron chi connectivity index (χ4n) is 2.77. The molecule has 3 rings (SSSR count). The molecule has 5 nitrogen and oxygen atoms in total. The summed E-state index contributed by atoms with van der Waals surface area (Å²) in [6.07, 6.45) is 0.522. The Hall–Kier alpha value is -2.80. The normalized spacial score (nSPS) is 10.9. The fraction of sp³-hybridized carbons (Fsp3) is 0.286. The molecule has 146 valence electrons. The van der Waals surface area contributed by atoms with Gasteiger partial charge in [-0.15, -0.1) is 0 Å². The molecule has 0 saturated heterocycles. The molecule has 0 saturated carbocycles. The Labute approximate surface area is 168 Å². The Morgan fingerprint density at radius 1 is 1.11 bits per heavy atom. The maximum absolute atomic E-state index is 13.1. The second-order valence-electron chi connectivity index (χ2n) is 6.86. The lowest BCUT2D eigenvalue weighted by Gasteiger charge is -2.21.